The van der Waals surface area contributed by atoms with E-state index in [0.29, 0.717) is 24.7 Å². The SMILES string of the molecule is Cl.Cl.O=C(NCC1CCCCCN1)c1cnc2c(c1)ncn2Cc1ccccc1. The van der Waals surface area contributed by atoms with Crippen molar-refractivity contribution in [3.8, 4) is 0 Å². The Morgan fingerprint density at radius 1 is 1.14 bits per heavy atom. The van der Waals surface area contributed by atoms with E-state index in [0.717, 1.165) is 24.1 Å². The van der Waals surface area contributed by atoms with Crippen molar-refractivity contribution in [3.05, 3.63) is 60.0 Å². The van der Waals surface area contributed by atoms with Gasteiger partial charge in [0.25, 0.3) is 5.91 Å². The van der Waals surface area contributed by atoms with E-state index in [1.165, 1.54) is 24.8 Å². The summed E-state index contributed by atoms with van der Waals surface area (Å²) in [6.07, 6.45) is 8.24. The Kier molecular flexibility index (Phi) is 8.89. The molecular formula is C21H27Cl2N5O. The summed E-state index contributed by atoms with van der Waals surface area (Å²) in [6.45, 7) is 2.40. The van der Waals surface area contributed by atoms with Gasteiger partial charge in [-0.05, 0) is 31.0 Å². The first-order valence-corrected chi connectivity index (χ1v) is 9.66. The van der Waals surface area contributed by atoms with Crippen molar-refractivity contribution in [2.75, 3.05) is 13.1 Å². The van der Waals surface area contributed by atoms with Crippen LogP contribution in [0.1, 0.15) is 41.6 Å². The molecule has 1 aliphatic rings. The first kappa shape index (κ1) is 23.1. The summed E-state index contributed by atoms with van der Waals surface area (Å²) >= 11 is 0. The van der Waals surface area contributed by atoms with Gasteiger partial charge >= 0.3 is 0 Å². The van der Waals surface area contributed by atoms with Gasteiger partial charge in [-0.2, -0.15) is 0 Å². The molecule has 0 radical (unpaired) electrons. The number of halogens is 2. The number of hydrogen-bond acceptors (Lipinski definition) is 4. The highest BCUT2D eigenvalue weighted by Gasteiger charge is 2.15. The van der Waals surface area contributed by atoms with Crippen LogP contribution in [0.5, 0.6) is 0 Å². The van der Waals surface area contributed by atoms with Gasteiger partial charge in [0.15, 0.2) is 5.65 Å². The maximum Gasteiger partial charge on any atom is 0.252 e. The molecule has 1 aliphatic heterocycles. The molecule has 1 fully saturated rings. The molecule has 1 aromatic carbocycles. The van der Waals surface area contributed by atoms with E-state index in [4.69, 9.17) is 0 Å². The maximum absolute atomic E-state index is 12.5. The van der Waals surface area contributed by atoms with E-state index in [2.05, 4.69) is 32.7 Å². The number of carbonyl (C=O) groups excluding carboxylic acids is 1. The van der Waals surface area contributed by atoms with Crippen LogP contribution in [-0.4, -0.2) is 39.6 Å². The third-order valence-corrected chi connectivity index (χ3v) is 5.08. The van der Waals surface area contributed by atoms with Gasteiger partial charge in [-0.3, -0.25) is 4.79 Å². The number of imidazole rings is 1. The summed E-state index contributed by atoms with van der Waals surface area (Å²) in [5, 5.41) is 6.53. The standard InChI is InChI=1S/C21H25N5O.2ClH/c27-21(24-13-18-9-5-2-6-10-22-18)17-11-19-20(23-12-17)26(15-25-19)14-16-7-3-1-4-8-16;;/h1,3-4,7-8,11-12,15,18,22H,2,5-6,9-10,13-14H2,(H,24,27);2*1H. The third-order valence-electron chi connectivity index (χ3n) is 5.08. The summed E-state index contributed by atoms with van der Waals surface area (Å²) in [5.41, 5.74) is 3.28. The van der Waals surface area contributed by atoms with Crippen molar-refractivity contribution in [1.29, 1.82) is 0 Å². The van der Waals surface area contributed by atoms with Crippen LogP contribution in [0.15, 0.2) is 48.9 Å². The normalized spacial score (nSPS) is 16.3. The van der Waals surface area contributed by atoms with Gasteiger partial charge < -0.3 is 15.2 Å². The molecular weight excluding hydrogens is 409 g/mol. The highest BCUT2D eigenvalue weighted by atomic mass is 35.5. The number of rotatable bonds is 5. The van der Waals surface area contributed by atoms with Crippen molar-refractivity contribution >= 4 is 41.9 Å². The van der Waals surface area contributed by atoms with Gasteiger partial charge in [0.05, 0.1) is 18.4 Å². The summed E-state index contributed by atoms with van der Waals surface area (Å²) in [4.78, 5) is 21.4. The predicted molar refractivity (Wildman–Crippen MR) is 120 cm³/mol. The Morgan fingerprint density at radius 3 is 2.79 bits per heavy atom. The second-order valence-corrected chi connectivity index (χ2v) is 7.14. The molecule has 0 bridgehead atoms. The Hall–Kier alpha value is -2.15. The fourth-order valence-corrected chi connectivity index (χ4v) is 3.56. The number of nitrogens with one attached hydrogen (secondary N) is 2. The minimum atomic E-state index is -0.0898. The lowest BCUT2D eigenvalue weighted by molar-refractivity contribution is 0.0949. The van der Waals surface area contributed by atoms with Gasteiger partial charge in [-0.25, -0.2) is 9.97 Å². The molecule has 1 unspecified atom stereocenters. The largest absolute Gasteiger partial charge is 0.350 e. The van der Waals surface area contributed by atoms with E-state index in [1.807, 2.05) is 28.8 Å². The van der Waals surface area contributed by atoms with Crippen LogP contribution in [0.3, 0.4) is 0 Å². The number of pyridine rings is 1. The average molecular weight is 436 g/mol. The summed E-state index contributed by atoms with van der Waals surface area (Å²) < 4.78 is 2.00. The second kappa shape index (κ2) is 11.1. The predicted octanol–water partition coefficient (Wildman–Crippen LogP) is 3.59. The molecule has 6 nitrogen and oxygen atoms in total. The molecule has 2 N–H and O–H groups in total. The fraction of sp³-hybridized carbons (Fsp3) is 0.381. The van der Waals surface area contributed by atoms with Crippen LogP contribution >= 0.6 is 24.8 Å². The quantitative estimate of drug-likeness (QED) is 0.642. The highest BCUT2D eigenvalue weighted by molar-refractivity contribution is 5.96. The zero-order chi connectivity index (χ0) is 18.5. The number of carbonyl (C=O) groups is 1. The number of amides is 1. The van der Waals surface area contributed by atoms with E-state index < -0.39 is 0 Å². The Balaban J connectivity index is 0.00000150. The van der Waals surface area contributed by atoms with Crippen molar-refractivity contribution in [2.24, 2.45) is 0 Å². The number of benzene rings is 1. The van der Waals surface area contributed by atoms with Crippen LogP contribution in [0, 0.1) is 0 Å². The molecule has 0 spiro atoms. The molecule has 1 amide bonds. The molecule has 3 heterocycles. The van der Waals surface area contributed by atoms with Crippen molar-refractivity contribution in [2.45, 2.75) is 38.3 Å². The molecule has 1 atom stereocenters. The molecule has 156 valence electrons. The Labute approximate surface area is 183 Å². The van der Waals surface area contributed by atoms with Crippen LogP contribution in [-0.2, 0) is 6.54 Å². The lowest BCUT2D eigenvalue weighted by Crippen LogP contribution is -2.40. The molecule has 3 aromatic rings. The topological polar surface area (TPSA) is 71.8 Å². The molecule has 1 saturated heterocycles. The number of hydrogen-bond donors (Lipinski definition) is 2. The first-order valence-electron chi connectivity index (χ1n) is 9.66. The number of nitrogens with zero attached hydrogens (tertiary/aromatic N) is 3. The monoisotopic (exact) mass is 435 g/mol. The van der Waals surface area contributed by atoms with Gasteiger partial charge in [0, 0.05) is 18.8 Å². The fourth-order valence-electron chi connectivity index (χ4n) is 3.56. The Morgan fingerprint density at radius 2 is 1.97 bits per heavy atom. The molecule has 2 aromatic heterocycles. The Bertz CT molecular complexity index is 908. The van der Waals surface area contributed by atoms with Crippen molar-refractivity contribution in [3.63, 3.8) is 0 Å². The minimum Gasteiger partial charge on any atom is -0.350 e. The molecule has 4 rings (SSSR count). The van der Waals surface area contributed by atoms with E-state index in [1.54, 1.807) is 12.5 Å². The lowest BCUT2D eigenvalue weighted by atomic mass is 10.1. The molecule has 0 saturated carbocycles. The zero-order valence-corrected chi connectivity index (χ0v) is 17.8. The van der Waals surface area contributed by atoms with Crippen LogP contribution < -0.4 is 10.6 Å². The van der Waals surface area contributed by atoms with Gasteiger partial charge in [0.2, 0.25) is 0 Å². The average Bonchev–Trinajstić information content (AvgIpc) is 2.92. The summed E-state index contributed by atoms with van der Waals surface area (Å²) in [6, 6.07) is 12.4. The lowest BCUT2D eigenvalue weighted by Gasteiger charge is -2.16. The third kappa shape index (κ3) is 5.92. The first-order chi connectivity index (χ1) is 13.3. The van der Waals surface area contributed by atoms with E-state index in [-0.39, 0.29) is 30.7 Å². The van der Waals surface area contributed by atoms with Crippen molar-refractivity contribution < 1.29 is 4.79 Å². The maximum atomic E-state index is 12.5. The van der Waals surface area contributed by atoms with Crippen LogP contribution in [0.25, 0.3) is 11.2 Å². The van der Waals surface area contributed by atoms with E-state index in [9.17, 15) is 4.79 Å². The van der Waals surface area contributed by atoms with Crippen molar-refractivity contribution in [1.82, 2.24) is 25.2 Å². The van der Waals surface area contributed by atoms with Gasteiger partial charge in [-0.1, -0.05) is 43.2 Å². The smallest absolute Gasteiger partial charge is 0.252 e. The highest BCUT2D eigenvalue weighted by Crippen LogP contribution is 2.14. The molecule has 29 heavy (non-hydrogen) atoms. The number of aromatic nitrogens is 3. The van der Waals surface area contributed by atoms with Gasteiger partial charge in [0.1, 0.15) is 5.52 Å². The van der Waals surface area contributed by atoms with Crippen LogP contribution in [0.2, 0.25) is 0 Å². The number of fused-ring (bicyclic) bond motifs is 1. The van der Waals surface area contributed by atoms with Gasteiger partial charge in [-0.15, -0.1) is 24.8 Å². The zero-order valence-electron chi connectivity index (χ0n) is 16.2. The van der Waals surface area contributed by atoms with Crippen LogP contribution in [0.4, 0.5) is 0 Å². The summed E-state index contributed by atoms with van der Waals surface area (Å²) in [7, 11) is 0. The summed E-state index contributed by atoms with van der Waals surface area (Å²) in [5.74, 6) is -0.0898. The molecule has 8 heteroatoms. The second-order valence-electron chi connectivity index (χ2n) is 7.14. The van der Waals surface area contributed by atoms with E-state index >= 15 is 0 Å². The molecule has 0 aliphatic carbocycles. The minimum absolute atomic E-state index is 0.